The molecule has 1 aliphatic heterocycles. The van der Waals surface area contributed by atoms with E-state index in [1.807, 2.05) is 54.6 Å². The Balaban J connectivity index is 1.25. The molecule has 2 N–H and O–H groups in total. The largest absolute Gasteiger partial charge is 0.478 e. The van der Waals surface area contributed by atoms with E-state index in [0.717, 1.165) is 47.3 Å². The molecular formula is C32H29N3O5. The summed E-state index contributed by atoms with van der Waals surface area (Å²) < 4.78 is 0. The van der Waals surface area contributed by atoms with Crippen LogP contribution in [0.1, 0.15) is 44.7 Å². The maximum absolute atomic E-state index is 12.9. The molecule has 8 nitrogen and oxygen atoms in total. The number of hydrogen-bond donors (Lipinski definition) is 2. The third kappa shape index (κ3) is 6.02. The quantitative estimate of drug-likeness (QED) is 0.279. The zero-order valence-electron chi connectivity index (χ0n) is 21.9. The Bertz CT molecular complexity index is 1550. The highest BCUT2D eigenvalue weighted by atomic mass is 16.6. The highest BCUT2D eigenvalue weighted by molar-refractivity contribution is 5.96. The van der Waals surface area contributed by atoms with Gasteiger partial charge in [-0.3, -0.25) is 14.9 Å². The van der Waals surface area contributed by atoms with E-state index in [-0.39, 0.29) is 30.1 Å². The maximum Gasteiger partial charge on any atom is 0.336 e. The second-order valence-corrected chi connectivity index (χ2v) is 9.86. The van der Waals surface area contributed by atoms with Crippen molar-refractivity contribution in [2.24, 2.45) is 0 Å². The lowest BCUT2D eigenvalue weighted by Crippen LogP contribution is -2.30. The first-order valence-electron chi connectivity index (χ1n) is 13.2. The second-order valence-electron chi connectivity index (χ2n) is 9.86. The van der Waals surface area contributed by atoms with E-state index in [0.29, 0.717) is 17.7 Å². The van der Waals surface area contributed by atoms with Crippen LogP contribution in [0.2, 0.25) is 0 Å². The topological polar surface area (TPSA) is 113 Å². The summed E-state index contributed by atoms with van der Waals surface area (Å²) in [6, 6.07) is 20.8. The lowest BCUT2D eigenvalue weighted by molar-refractivity contribution is -0.426. The Morgan fingerprint density at radius 3 is 2.60 bits per heavy atom. The van der Waals surface area contributed by atoms with Crippen molar-refractivity contribution in [3.05, 3.63) is 135 Å². The molecule has 8 heteroatoms. The van der Waals surface area contributed by atoms with Crippen molar-refractivity contribution < 1.29 is 19.6 Å². The fourth-order valence-electron chi connectivity index (χ4n) is 5.11. The molecule has 0 saturated heterocycles. The van der Waals surface area contributed by atoms with Crippen molar-refractivity contribution in [2.75, 3.05) is 18.0 Å². The van der Waals surface area contributed by atoms with Gasteiger partial charge in [0, 0.05) is 37.0 Å². The van der Waals surface area contributed by atoms with E-state index in [4.69, 9.17) is 0 Å². The molecule has 2 aliphatic rings. The summed E-state index contributed by atoms with van der Waals surface area (Å²) in [5, 5.41) is 23.4. The van der Waals surface area contributed by atoms with Crippen molar-refractivity contribution in [3.8, 4) is 11.1 Å². The predicted molar refractivity (Wildman–Crippen MR) is 154 cm³/mol. The van der Waals surface area contributed by atoms with E-state index < -0.39 is 10.9 Å². The van der Waals surface area contributed by atoms with Crippen molar-refractivity contribution in [1.29, 1.82) is 0 Å². The van der Waals surface area contributed by atoms with Crippen LogP contribution in [0, 0.1) is 10.1 Å². The summed E-state index contributed by atoms with van der Waals surface area (Å²) in [6.45, 7) is 1.90. The maximum atomic E-state index is 12.9. The van der Waals surface area contributed by atoms with Gasteiger partial charge in [-0.2, -0.15) is 0 Å². The molecule has 5 rings (SSSR count). The van der Waals surface area contributed by atoms with Crippen LogP contribution < -0.4 is 10.2 Å². The minimum atomic E-state index is -0.945. The van der Waals surface area contributed by atoms with Crippen LogP contribution in [-0.2, 0) is 13.0 Å². The number of fused-ring (bicyclic) bond motifs is 1. The van der Waals surface area contributed by atoms with Crippen LogP contribution in [0.4, 0.5) is 5.69 Å². The second kappa shape index (κ2) is 11.8. The van der Waals surface area contributed by atoms with E-state index in [1.165, 1.54) is 6.08 Å². The van der Waals surface area contributed by atoms with Gasteiger partial charge in [-0.05, 0) is 64.9 Å². The standard InChI is InChI=1S/C32H29N3O5/c36-31(33-20-22-5-3-7-27(16-12-22)35(39)40)26-15-17-30-25(19-26)6-4-18-34(30)21-23-10-13-24(14-11-23)28-8-1-2-9-29(28)32(37)38/h1-3,5,8-17,19H,4,6-7,18,20-21H2,(H,33,36)(H,37,38). The number of anilines is 1. The first-order valence-corrected chi connectivity index (χ1v) is 13.2. The summed E-state index contributed by atoms with van der Waals surface area (Å²) in [5.74, 6) is -1.13. The Morgan fingerprint density at radius 1 is 1.02 bits per heavy atom. The average molecular weight is 536 g/mol. The molecule has 0 spiro atoms. The molecule has 0 aromatic heterocycles. The van der Waals surface area contributed by atoms with Gasteiger partial charge in [-0.15, -0.1) is 0 Å². The number of carboxylic acid groups (broad SMARTS) is 1. The minimum absolute atomic E-state index is 0.122. The Hall–Kier alpha value is -4.98. The number of carbonyl (C=O) groups is 2. The SMILES string of the molecule is O=C(NCC1=CC=C([N+](=O)[O-])CC=C1)c1ccc2c(c1)CCCN2Cc1ccc(-c2ccccc2C(=O)O)cc1. The van der Waals surface area contributed by atoms with Gasteiger partial charge >= 0.3 is 5.97 Å². The third-order valence-electron chi connectivity index (χ3n) is 7.19. The lowest BCUT2D eigenvalue weighted by atomic mass is 9.97. The van der Waals surface area contributed by atoms with Crippen molar-refractivity contribution >= 4 is 17.6 Å². The van der Waals surface area contributed by atoms with Gasteiger partial charge in [0.15, 0.2) is 0 Å². The Morgan fingerprint density at radius 2 is 1.82 bits per heavy atom. The highest BCUT2D eigenvalue weighted by Crippen LogP contribution is 2.30. The molecule has 0 bridgehead atoms. The van der Waals surface area contributed by atoms with Gasteiger partial charge in [0.25, 0.3) is 5.91 Å². The Labute approximate surface area is 232 Å². The lowest BCUT2D eigenvalue weighted by Gasteiger charge is -2.32. The van der Waals surface area contributed by atoms with Crippen LogP contribution >= 0.6 is 0 Å². The third-order valence-corrected chi connectivity index (χ3v) is 7.19. The highest BCUT2D eigenvalue weighted by Gasteiger charge is 2.19. The number of hydrogen-bond acceptors (Lipinski definition) is 5. The van der Waals surface area contributed by atoms with Gasteiger partial charge < -0.3 is 15.3 Å². The molecule has 1 heterocycles. The smallest absolute Gasteiger partial charge is 0.336 e. The number of aromatic carboxylic acids is 1. The number of carbonyl (C=O) groups excluding carboxylic acids is 1. The van der Waals surface area contributed by atoms with Gasteiger partial charge in [-0.25, -0.2) is 4.79 Å². The molecule has 1 aliphatic carbocycles. The number of carboxylic acids is 1. The van der Waals surface area contributed by atoms with Gasteiger partial charge in [0.1, 0.15) is 0 Å². The molecule has 3 aromatic rings. The van der Waals surface area contributed by atoms with Crippen molar-refractivity contribution in [2.45, 2.75) is 25.8 Å². The number of allylic oxidation sites excluding steroid dienone is 3. The van der Waals surface area contributed by atoms with Crippen LogP contribution in [0.25, 0.3) is 11.1 Å². The monoisotopic (exact) mass is 535 g/mol. The molecule has 0 unspecified atom stereocenters. The predicted octanol–water partition coefficient (Wildman–Crippen LogP) is 5.78. The molecule has 0 saturated carbocycles. The molecular weight excluding hydrogens is 506 g/mol. The fraction of sp³-hybridized carbons (Fsp3) is 0.188. The number of nitro groups is 1. The number of amides is 1. The number of aryl methyl sites for hydroxylation is 1. The summed E-state index contributed by atoms with van der Waals surface area (Å²) in [7, 11) is 0. The van der Waals surface area contributed by atoms with Gasteiger partial charge in [-0.1, -0.05) is 60.7 Å². The summed E-state index contributed by atoms with van der Waals surface area (Å²) >= 11 is 0. The zero-order valence-corrected chi connectivity index (χ0v) is 21.9. The summed E-state index contributed by atoms with van der Waals surface area (Å²) in [6.07, 6.45) is 8.81. The first kappa shape index (κ1) is 26.6. The average Bonchev–Trinajstić information content (AvgIpc) is 3.22. The number of nitrogens with zero attached hydrogens (tertiary/aromatic N) is 2. The van der Waals surface area contributed by atoms with Gasteiger partial charge in [0.05, 0.1) is 16.9 Å². The summed E-state index contributed by atoms with van der Waals surface area (Å²) in [5.41, 5.74) is 6.69. The molecule has 202 valence electrons. The van der Waals surface area contributed by atoms with Gasteiger partial charge in [0.2, 0.25) is 5.70 Å². The molecule has 1 amide bonds. The Kier molecular flexibility index (Phi) is 7.87. The van der Waals surface area contributed by atoms with Crippen LogP contribution in [0.5, 0.6) is 0 Å². The van der Waals surface area contributed by atoms with E-state index >= 15 is 0 Å². The molecule has 3 aromatic carbocycles. The summed E-state index contributed by atoms with van der Waals surface area (Å²) in [4.78, 5) is 37.4. The number of nitrogens with one attached hydrogen (secondary N) is 1. The van der Waals surface area contributed by atoms with E-state index in [2.05, 4.69) is 10.2 Å². The van der Waals surface area contributed by atoms with Crippen LogP contribution in [-0.4, -0.2) is 35.0 Å². The number of rotatable bonds is 8. The van der Waals surface area contributed by atoms with Crippen molar-refractivity contribution in [1.82, 2.24) is 5.32 Å². The zero-order chi connectivity index (χ0) is 28.1. The molecule has 0 radical (unpaired) electrons. The van der Waals surface area contributed by atoms with Crippen LogP contribution in [0.15, 0.2) is 102 Å². The molecule has 0 atom stereocenters. The van der Waals surface area contributed by atoms with Crippen LogP contribution in [0.3, 0.4) is 0 Å². The van der Waals surface area contributed by atoms with E-state index in [1.54, 1.807) is 30.4 Å². The fourth-order valence-corrected chi connectivity index (χ4v) is 5.11. The first-order chi connectivity index (χ1) is 19.4. The minimum Gasteiger partial charge on any atom is -0.478 e. The number of benzene rings is 3. The normalized spacial score (nSPS) is 14.4. The molecule has 0 fully saturated rings. The van der Waals surface area contributed by atoms with Crippen molar-refractivity contribution in [3.63, 3.8) is 0 Å². The molecule has 40 heavy (non-hydrogen) atoms. The van der Waals surface area contributed by atoms with E-state index in [9.17, 15) is 24.8 Å².